The Morgan fingerprint density at radius 1 is 0.931 bits per heavy atom. The molecule has 0 atom stereocenters. The molecule has 0 saturated heterocycles. The molecule has 1 aliphatic carbocycles. The number of hydrogen-bond donors (Lipinski definition) is 0. The lowest BCUT2D eigenvalue weighted by Gasteiger charge is -2.29. The third kappa shape index (κ3) is 6.48. The number of halogens is 3. The Morgan fingerprint density at radius 2 is 1.52 bits per heavy atom. The van der Waals surface area contributed by atoms with Crippen molar-refractivity contribution in [2.75, 3.05) is 0 Å². The van der Waals surface area contributed by atoms with Crippen LogP contribution >= 0.6 is 0 Å². The van der Waals surface area contributed by atoms with E-state index in [0.29, 0.717) is 18.8 Å². The molecule has 3 rings (SSSR count). The summed E-state index contributed by atoms with van der Waals surface area (Å²) in [4.78, 5) is 3.38. The number of nitrogens with zero attached hydrogens (tertiary/aromatic N) is 1. The van der Waals surface area contributed by atoms with Gasteiger partial charge in [0.2, 0.25) is 0 Å². The third-order valence-electron chi connectivity index (χ3n) is 5.44. The van der Waals surface area contributed by atoms with Crippen molar-refractivity contribution in [3.05, 3.63) is 77.9 Å². The monoisotopic (exact) mass is 400 g/mol. The van der Waals surface area contributed by atoms with Crippen LogP contribution in [0.15, 0.2) is 71.7 Å². The first kappa shape index (κ1) is 21.2. The summed E-state index contributed by atoms with van der Waals surface area (Å²) in [6.07, 6.45) is 1.77. The van der Waals surface area contributed by atoms with Gasteiger partial charge in [-0.15, -0.1) is 0 Å². The van der Waals surface area contributed by atoms with Crippen LogP contribution in [0.5, 0.6) is 0 Å². The molecule has 2 aromatic carbocycles. The number of aliphatic imine (C=N–C) groups is 1. The van der Waals surface area contributed by atoms with Crippen molar-refractivity contribution < 1.29 is 18.3 Å². The zero-order chi connectivity index (χ0) is 20.7. The minimum atomic E-state index is -4.86. The van der Waals surface area contributed by atoms with Crippen molar-refractivity contribution in [2.24, 2.45) is 10.9 Å². The lowest BCUT2D eigenvalue weighted by atomic mass is 9.81. The highest BCUT2D eigenvalue weighted by atomic mass is 19.4. The zero-order valence-electron chi connectivity index (χ0n) is 16.2. The Kier molecular flexibility index (Phi) is 7.13. The predicted molar refractivity (Wildman–Crippen MR) is 108 cm³/mol. The molecule has 154 valence electrons. The molecule has 1 aliphatic rings. The number of rotatable bonds is 6. The van der Waals surface area contributed by atoms with Crippen LogP contribution in [0.4, 0.5) is 13.2 Å². The number of hydrogen-bond acceptors (Lipinski definition) is 2. The van der Waals surface area contributed by atoms with Crippen LogP contribution in [-0.4, -0.2) is 18.1 Å². The topological polar surface area (TPSA) is 35.4 Å². The second kappa shape index (κ2) is 9.77. The van der Waals surface area contributed by atoms with E-state index in [2.05, 4.69) is 35.3 Å². The van der Waals surface area contributed by atoms with E-state index >= 15 is 0 Å². The Morgan fingerprint density at radius 3 is 2.10 bits per heavy atom. The fraction of sp³-hybridized carbons (Fsp3) is 0.375. The van der Waals surface area contributed by atoms with Crippen molar-refractivity contribution in [1.29, 1.82) is 0 Å². The van der Waals surface area contributed by atoms with Crippen LogP contribution < -0.4 is 5.11 Å². The Bertz CT molecular complexity index is 820. The largest absolute Gasteiger partial charge is 0.856 e. The summed E-state index contributed by atoms with van der Waals surface area (Å²) in [6, 6.07) is 20.0. The molecular weight excluding hydrogens is 375 g/mol. The van der Waals surface area contributed by atoms with Crippen molar-refractivity contribution in [2.45, 2.75) is 50.7 Å². The molecule has 0 N–H and O–H groups in total. The summed E-state index contributed by atoms with van der Waals surface area (Å²) < 4.78 is 37.2. The smallest absolute Gasteiger partial charge is 0.419 e. The second-order valence-corrected chi connectivity index (χ2v) is 7.60. The molecule has 0 aliphatic heterocycles. The SMILES string of the molecule is [O-]C(=NC1CCC(CC(=CCc2ccccc2)c2ccccc2)CC1)C(F)(F)F. The van der Waals surface area contributed by atoms with Crippen LogP contribution in [0.2, 0.25) is 0 Å². The first-order valence-corrected chi connectivity index (χ1v) is 10.0. The maximum atomic E-state index is 12.4. The summed E-state index contributed by atoms with van der Waals surface area (Å²) in [5, 5.41) is 11.1. The van der Waals surface area contributed by atoms with E-state index in [0.717, 1.165) is 25.7 Å². The molecule has 1 saturated carbocycles. The van der Waals surface area contributed by atoms with E-state index in [1.54, 1.807) is 0 Å². The average Bonchev–Trinajstić information content (AvgIpc) is 2.73. The summed E-state index contributed by atoms with van der Waals surface area (Å²) in [5.41, 5.74) is 3.69. The van der Waals surface area contributed by atoms with Crippen molar-refractivity contribution >= 4 is 11.5 Å². The summed E-state index contributed by atoms with van der Waals surface area (Å²) in [6.45, 7) is 0. The molecule has 0 radical (unpaired) electrons. The maximum Gasteiger partial charge on any atom is 0.419 e. The van der Waals surface area contributed by atoms with Gasteiger partial charge in [0.1, 0.15) is 0 Å². The van der Waals surface area contributed by atoms with Gasteiger partial charge in [0, 0.05) is 6.04 Å². The molecule has 0 bridgehead atoms. The van der Waals surface area contributed by atoms with Gasteiger partial charge in [0.25, 0.3) is 0 Å². The molecule has 0 heterocycles. The van der Waals surface area contributed by atoms with Crippen molar-refractivity contribution in [1.82, 2.24) is 0 Å². The zero-order valence-corrected chi connectivity index (χ0v) is 16.2. The fourth-order valence-corrected chi connectivity index (χ4v) is 3.85. The quantitative estimate of drug-likeness (QED) is 0.460. The molecule has 0 spiro atoms. The first-order valence-electron chi connectivity index (χ1n) is 10.0. The summed E-state index contributed by atoms with van der Waals surface area (Å²) >= 11 is 0. The second-order valence-electron chi connectivity index (χ2n) is 7.60. The summed E-state index contributed by atoms with van der Waals surface area (Å²) in [7, 11) is 0. The van der Waals surface area contributed by atoms with Crippen LogP contribution in [0, 0.1) is 5.92 Å². The highest BCUT2D eigenvalue weighted by Crippen LogP contribution is 2.34. The van der Waals surface area contributed by atoms with Gasteiger partial charge in [-0.05, 0) is 61.1 Å². The summed E-state index contributed by atoms with van der Waals surface area (Å²) in [5.74, 6) is -1.56. The molecule has 29 heavy (non-hydrogen) atoms. The maximum absolute atomic E-state index is 12.4. The van der Waals surface area contributed by atoms with E-state index in [-0.39, 0.29) is 0 Å². The van der Waals surface area contributed by atoms with Gasteiger partial charge in [-0.2, -0.15) is 13.2 Å². The molecule has 1 fully saturated rings. The van der Waals surface area contributed by atoms with E-state index in [1.807, 2.05) is 36.4 Å². The number of allylic oxidation sites excluding steroid dienone is 2. The van der Waals surface area contributed by atoms with E-state index < -0.39 is 18.1 Å². The minimum Gasteiger partial charge on any atom is -0.856 e. The lowest BCUT2D eigenvalue weighted by molar-refractivity contribution is -0.263. The van der Waals surface area contributed by atoms with Gasteiger partial charge >= 0.3 is 6.18 Å². The highest BCUT2D eigenvalue weighted by molar-refractivity contribution is 5.77. The van der Waals surface area contributed by atoms with E-state index in [4.69, 9.17) is 0 Å². The third-order valence-corrected chi connectivity index (χ3v) is 5.44. The van der Waals surface area contributed by atoms with Crippen LogP contribution in [-0.2, 0) is 6.42 Å². The lowest BCUT2D eigenvalue weighted by Crippen LogP contribution is -2.36. The van der Waals surface area contributed by atoms with Crippen LogP contribution in [0.3, 0.4) is 0 Å². The van der Waals surface area contributed by atoms with Crippen molar-refractivity contribution in [3.8, 4) is 0 Å². The molecule has 0 unspecified atom stereocenters. The molecule has 5 heteroatoms. The molecule has 2 nitrogen and oxygen atoms in total. The normalized spacial score (nSPS) is 21.2. The molecular formula is C24H25F3NO-. The van der Waals surface area contributed by atoms with Crippen LogP contribution in [0.1, 0.15) is 43.2 Å². The standard InChI is InChI=1S/C24H26F3NO/c25-24(26,27)23(29)28-22-15-12-19(13-16-22)17-21(20-9-5-2-6-10-20)14-11-18-7-3-1-4-8-18/h1-10,14,19,22H,11-13,15-17H2,(H,28,29)/p-1. The van der Waals surface area contributed by atoms with Crippen molar-refractivity contribution in [3.63, 3.8) is 0 Å². The van der Waals surface area contributed by atoms with Gasteiger partial charge in [-0.25, -0.2) is 0 Å². The minimum absolute atomic E-state index is 0.393. The molecule has 2 aromatic rings. The highest BCUT2D eigenvalue weighted by Gasteiger charge is 2.30. The number of alkyl halides is 3. The fourth-order valence-electron chi connectivity index (χ4n) is 3.85. The van der Waals surface area contributed by atoms with E-state index in [9.17, 15) is 18.3 Å². The number of benzene rings is 2. The van der Waals surface area contributed by atoms with Crippen LogP contribution in [0.25, 0.3) is 5.57 Å². The predicted octanol–water partition coefficient (Wildman–Crippen LogP) is 5.58. The average molecular weight is 400 g/mol. The Balaban J connectivity index is 1.65. The molecule has 0 amide bonds. The Hall–Kier alpha value is -2.56. The van der Waals surface area contributed by atoms with Gasteiger partial charge in [0.05, 0.1) is 5.90 Å². The van der Waals surface area contributed by atoms with Gasteiger partial charge in [0.15, 0.2) is 0 Å². The van der Waals surface area contributed by atoms with Gasteiger partial charge < -0.3 is 5.11 Å². The first-order chi connectivity index (χ1) is 13.9. The van der Waals surface area contributed by atoms with Gasteiger partial charge in [-0.1, -0.05) is 66.7 Å². The van der Waals surface area contributed by atoms with Gasteiger partial charge in [-0.3, -0.25) is 4.99 Å². The van der Waals surface area contributed by atoms with E-state index in [1.165, 1.54) is 16.7 Å². The molecule has 0 aromatic heterocycles. The Labute approximate surface area is 169 Å².